The lowest BCUT2D eigenvalue weighted by atomic mass is 9.52. The SMILES string of the molecule is Cc1cc2c(s1)C1C(=O)C3C4CC(C)C5C6Sc7cc(C)sc7C6C(=O)C5C4CC(C)C3C1S2. The van der Waals surface area contributed by atoms with Crippen LogP contribution in [0.2, 0.25) is 0 Å². The van der Waals surface area contributed by atoms with Gasteiger partial charge in [0, 0.05) is 51.6 Å². The fraction of sp³-hybridized carbons (Fsp3) is 0.643. The second-order valence-electron chi connectivity index (χ2n) is 12.1. The maximum atomic E-state index is 14.1. The molecule has 12 unspecified atom stereocenters. The van der Waals surface area contributed by atoms with Crippen LogP contribution in [-0.2, 0) is 9.59 Å². The molecule has 0 amide bonds. The quantitative estimate of drug-likeness (QED) is 0.364. The van der Waals surface area contributed by atoms with Crippen molar-refractivity contribution >= 4 is 57.8 Å². The number of aryl methyl sites for hydroxylation is 2. The lowest BCUT2D eigenvalue weighted by Gasteiger charge is -2.52. The Bertz CT molecular complexity index is 1160. The summed E-state index contributed by atoms with van der Waals surface area (Å²) in [7, 11) is 0. The molecule has 178 valence electrons. The maximum absolute atomic E-state index is 14.1. The number of thiophene rings is 2. The molecule has 2 aliphatic heterocycles. The van der Waals surface area contributed by atoms with Crippen molar-refractivity contribution in [1.82, 2.24) is 0 Å². The molecule has 0 aromatic carbocycles. The van der Waals surface area contributed by atoms with Gasteiger partial charge in [0.25, 0.3) is 0 Å². The third kappa shape index (κ3) is 2.52. The molecule has 2 aromatic heterocycles. The first-order valence-corrected chi connectivity index (χ1v) is 16.3. The summed E-state index contributed by atoms with van der Waals surface area (Å²) in [6.45, 7) is 9.16. The fourth-order valence-corrected chi connectivity index (χ4v) is 16.0. The molecule has 12 atom stereocenters. The molecular formula is C28H30O2S4. The maximum Gasteiger partial charge on any atom is 0.146 e. The van der Waals surface area contributed by atoms with Crippen molar-refractivity contribution in [2.45, 2.75) is 72.7 Å². The van der Waals surface area contributed by atoms with Crippen LogP contribution in [0.1, 0.15) is 58.0 Å². The number of carbonyl (C=O) groups is 2. The van der Waals surface area contributed by atoms with E-state index >= 15 is 0 Å². The van der Waals surface area contributed by atoms with Crippen LogP contribution in [0.3, 0.4) is 0 Å². The predicted molar refractivity (Wildman–Crippen MR) is 141 cm³/mol. The fourth-order valence-electron chi connectivity index (χ4n) is 9.45. The summed E-state index contributed by atoms with van der Waals surface area (Å²) in [5.41, 5.74) is 0. The Hall–Kier alpha value is -0.560. The van der Waals surface area contributed by atoms with E-state index in [2.05, 4.69) is 39.8 Å². The Labute approximate surface area is 218 Å². The second kappa shape index (κ2) is 7.05. The normalized spacial score (nSPS) is 47.6. The van der Waals surface area contributed by atoms with Crippen LogP contribution in [-0.4, -0.2) is 22.1 Å². The van der Waals surface area contributed by atoms with Gasteiger partial charge in [-0.25, -0.2) is 0 Å². The minimum Gasteiger partial charge on any atom is -0.299 e. The van der Waals surface area contributed by atoms with Gasteiger partial charge in [-0.1, -0.05) is 13.8 Å². The summed E-state index contributed by atoms with van der Waals surface area (Å²) in [5, 5.41) is 0.878. The molecular weight excluding hydrogens is 497 g/mol. The number of hydrogen-bond donors (Lipinski definition) is 0. The molecule has 6 heteroatoms. The molecule has 2 aromatic rings. The van der Waals surface area contributed by atoms with Crippen LogP contribution < -0.4 is 0 Å². The van der Waals surface area contributed by atoms with Crippen molar-refractivity contribution < 1.29 is 9.59 Å². The van der Waals surface area contributed by atoms with Gasteiger partial charge in [-0.2, -0.15) is 0 Å². The van der Waals surface area contributed by atoms with E-state index in [1.54, 1.807) is 0 Å². The van der Waals surface area contributed by atoms with E-state index < -0.39 is 0 Å². The highest BCUT2D eigenvalue weighted by molar-refractivity contribution is 8.00. The summed E-state index contributed by atoms with van der Waals surface area (Å²) in [5.74, 6) is 4.53. The first-order valence-electron chi connectivity index (χ1n) is 12.9. The van der Waals surface area contributed by atoms with Gasteiger partial charge in [0.1, 0.15) is 11.6 Å². The average molecular weight is 527 g/mol. The molecule has 4 aliphatic carbocycles. The average Bonchev–Trinajstić information content (AvgIpc) is 3.55. The van der Waals surface area contributed by atoms with Crippen molar-refractivity contribution in [1.29, 1.82) is 0 Å². The first-order chi connectivity index (χ1) is 16.3. The van der Waals surface area contributed by atoms with Gasteiger partial charge in [0.15, 0.2) is 0 Å². The van der Waals surface area contributed by atoms with Gasteiger partial charge in [-0.05, 0) is 74.3 Å². The van der Waals surface area contributed by atoms with E-state index in [0.717, 1.165) is 12.8 Å². The van der Waals surface area contributed by atoms with Crippen molar-refractivity contribution in [3.8, 4) is 0 Å². The zero-order valence-electron chi connectivity index (χ0n) is 19.9. The van der Waals surface area contributed by atoms with Gasteiger partial charge < -0.3 is 0 Å². The summed E-state index contributed by atoms with van der Waals surface area (Å²) in [4.78, 5) is 36.4. The number of thioether (sulfide) groups is 2. The summed E-state index contributed by atoms with van der Waals surface area (Å²) in [6.07, 6.45) is 2.30. The van der Waals surface area contributed by atoms with Crippen LogP contribution in [0.25, 0.3) is 0 Å². The van der Waals surface area contributed by atoms with Crippen molar-refractivity contribution in [2.24, 2.45) is 47.3 Å². The third-order valence-electron chi connectivity index (χ3n) is 10.4. The number of fused-ring (bicyclic) bond motifs is 13. The number of ketones is 2. The highest BCUT2D eigenvalue weighted by Gasteiger charge is 2.67. The number of hydrogen-bond acceptors (Lipinski definition) is 6. The minimum atomic E-state index is 0.119. The lowest BCUT2D eigenvalue weighted by Crippen LogP contribution is -2.51. The Morgan fingerprint density at radius 2 is 1.12 bits per heavy atom. The van der Waals surface area contributed by atoms with Crippen LogP contribution in [0.15, 0.2) is 21.9 Å². The van der Waals surface area contributed by atoms with E-state index in [1.807, 2.05) is 46.2 Å². The van der Waals surface area contributed by atoms with E-state index in [-0.39, 0.29) is 23.7 Å². The molecule has 0 bridgehead atoms. The molecule has 4 fully saturated rings. The highest BCUT2D eigenvalue weighted by atomic mass is 32.2. The van der Waals surface area contributed by atoms with Crippen LogP contribution in [0.4, 0.5) is 0 Å². The molecule has 0 radical (unpaired) electrons. The van der Waals surface area contributed by atoms with Crippen LogP contribution in [0.5, 0.6) is 0 Å². The molecule has 2 nitrogen and oxygen atoms in total. The second-order valence-corrected chi connectivity index (χ2v) is 17.1. The van der Waals surface area contributed by atoms with Gasteiger partial charge in [0.2, 0.25) is 0 Å². The van der Waals surface area contributed by atoms with E-state index in [0.29, 0.717) is 57.6 Å². The molecule has 4 heterocycles. The zero-order chi connectivity index (χ0) is 23.2. The van der Waals surface area contributed by atoms with Crippen LogP contribution >= 0.6 is 46.2 Å². The number of rotatable bonds is 0. The summed E-state index contributed by atoms with van der Waals surface area (Å²) in [6, 6.07) is 4.62. The standard InChI is InChI=1S/C28H30O2S4/c1-9-5-13-14(19-17(9)27-21(23(19)29)25-15(33-27)7-11(3)31-25)6-10(2)18-20(13)24(30)22-26-16(34-28(18)22)8-12(4)32-26/h7-10,13-14,17-22,27-28H,5-6H2,1-4H3. The van der Waals surface area contributed by atoms with Gasteiger partial charge in [-0.3, -0.25) is 9.59 Å². The minimum absolute atomic E-state index is 0.119. The summed E-state index contributed by atoms with van der Waals surface area (Å²) < 4.78 is 0. The Morgan fingerprint density at radius 1 is 0.706 bits per heavy atom. The molecule has 8 rings (SSSR count). The topological polar surface area (TPSA) is 34.1 Å². The smallest absolute Gasteiger partial charge is 0.146 e. The number of Topliss-reactive ketones (excluding diaryl/α,β-unsaturated/α-hetero) is 2. The van der Waals surface area contributed by atoms with Crippen LogP contribution in [0, 0.1) is 61.2 Å². The van der Waals surface area contributed by atoms with E-state index in [1.165, 1.54) is 29.3 Å². The largest absolute Gasteiger partial charge is 0.299 e. The van der Waals surface area contributed by atoms with Gasteiger partial charge in [-0.15, -0.1) is 46.2 Å². The molecule has 6 aliphatic rings. The third-order valence-corrected chi connectivity index (χ3v) is 15.8. The molecule has 4 saturated carbocycles. The summed E-state index contributed by atoms with van der Waals surface area (Å²) >= 11 is 7.74. The molecule has 0 N–H and O–H groups in total. The molecule has 34 heavy (non-hydrogen) atoms. The highest BCUT2D eigenvalue weighted by Crippen LogP contribution is 2.70. The first kappa shape index (κ1) is 21.5. The monoisotopic (exact) mass is 526 g/mol. The van der Waals surface area contributed by atoms with Crippen molar-refractivity contribution in [2.75, 3.05) is 0 Å². The van der Waals surface area contributed by atoms with Crippen molar-refractivity contribution in [3.63, 3.8) is 0 Å². The number of carbonyl (C=O) groups excluding carboxylic acids is 2. The molecule has 0 spiro atoms. The lowest BCUT2D eigenvalue weighted by molar-refractivity contribution is -0.137. The predicted octanol–water partition coefficient (Wildman–Crippen LogP) is 7.18. The molecule has 0 saturated heterocycles. The van der Waals surface area contributed by atoms with E-state index in [9.17, 15) is 9.59 Å². The van der Waals surface area contributed by atoms with E-state index in [4.69, 9.17) is 0 Å². The Kier molecular flexibility index (Phi) is 4.46. The Morgan fingerprint density at radius 3 is 1.53 bits per heavy atom. The zero-order valence-corrected chi connectivity index (χ0v) is 23.2. The van der Waals surface area contributed by atoms with Gasteiger partial charge in [0.05, 0.1) is 11.8 Å². The van der Waals surface area contributed by atoms with Gasteiger partial charge >= 0.3 is 0 Å². The Balaban J connectivity index is 1.17. The van der Waals surface area contributed by atoms with Crippen molar-refractivity contribution in [3.05, 3.63) is 31.6 Å².